The molecule has 1 saturated carbocycles. The molecule has 2 heterocycles. The molecule has 182 valence electrons. The van der Waals surface area contributed by atoms with E-state index in [1.54, 1.807) is 12.1 Å². The standard InChI is InChI=1S/C25H31N3O6/c1-25(2,3)34-24(30)27-16-9-8-15(12-16)23(29)26-17-13-19(28-21(14-17)31-4)18-6-5-7-20-22(18)33-11-10-32-20/h5-7,13-16H,8-12H2,1-4H3,(H,27,30)(H,26,28,29)/t15-,16+/m1/s1. The number of pyridine rings is 1. The smallest absolute Gasteiger partial charge is 0.407 e. The van der Waals surface area contributed by atoms with Gasteiger partial charge in [0.2, 0.25) is 11.8 Å². The first-order valence-corrected chi connectivity index (χ1v) is 11.5. The Morgan fingerprint density at radius 1 is 1.12 bits per heavy atom. The third-order valence-corrected chi connectivity index (χ3v) is 5.64. The van der Waals surface area contributed by atoms with Crippen LogP contribution < -0.4 is 24.8 Å². The highest BCUT2D eigenvalue weighted by Crippen LogP contribution is 2.40. The first-order chi connectivity index (χ1) is 16.2. The number of carbonyl (C=O) groups excluding carboxylic acids is 2. The van der Waals surface area contributed by atoms with Crippen LogP contribution in [0.25, 0.3) is 11.3 Å². The summed E-state index contributed by atoms with van der Waals surface area (Å²) in [5.74, 6) is 1.33. The number of amides is 2. The predicted octanol–water partition coefficient (Wildman–Crippen LogP) is 4.16. The van der Waals surface area contributed by atoms with Crippen molar-refractivity contribution in [2.75, 3.05) is 25.6 Å². The first-order valence-electron chi connectivity index (χ1n) is 11.5. The van der Waals surface area contributed by atoms with E-state index in [1.165, 1.54) is 7.11 Å². The van der Waals surface area contributed by atoms with E-state index in [-0.39, 0.29) is 17.9 Å². The Labute approximate surface area is 199 Å². The highest BCUT2D eigenvalue weighted by Gasteiger charge is 2.32. The largest absolute Gasteiger partial charge is 0.486 e. The number of nitrogens with one attached hydrogen (secondary N) is 2. The average molecular weight is 470 g/mol. The molecule has 4 rings (SSSR count). The summed E-state index contributed by atoms with van der Waals surface area (Å²) < 4.78 is 22.2. The molecule has 0 bridgehead atoms. The molecule has 2 N–H and O–H groups in total. The SMILES string of the molecule is COc1cc(NC(=O)[C@@H]2CC[C@H](NC(=O)OC(C)(C)C)C2)cc(-c2cccc3c2OCCO3)n1. The van der Waals surface area contributed by atoms with E-state index in [0.717, 1.165) is 12.0 Å². The van der Waals surface area contributed by atoms with Gasteiger partial charge in [0.25, 0.3) is 0 Å². The number of anilines is 1. The van der Waals surface area contributed by atoms with E-state index in [2.05, 4.69) is 15.6 Å². The van der Waals surface area contributed by atoms with Gasteiger partial charge < -0.3 is 29.6 Å². The molecule has 1 aliphatic carbocycles. The van der Waals surface area contributed by atoms with Gasteiger partial charge in [-0.05, 0) is 58.2 Å². The van der Waals surface area contributed by atoms with Gasteiger partial charge >= 0.3 is 6.09 Å². The van der Waals surface area contributed by atoms with E-state index in [1.807, 2.05) is 39.0 Å². The number of fused-ring (bicyclic) bond motifs is 1. The summed E-state index contributed by atoms with van der Waals surface area (Å²) >= 11 is 0. The number of aromatic nitrogens is 1. The summed E-state index contributed by atoms with van der Waals surface area (Å²) in [6.07, 6.45) is 1.49. The zero-order valence-corrected chi connectivity index (χ0v) is 20.0. The molecular formula is C25H31N3O6. The Kier molecular flexibility index (Phi) is 6.81. The summed E-state index contributed by atoms with van der Waals surface area (Å²) in [4.78, 5) is 29.6. The quantitative estimate of drug-likeness (QED) is 0.677. The number of ether oxygens (including phenoxy) is 4. The molecule has 0 saturated heterocycles. The van der Waals surface area contributed by atoms with Crippen molar-refractivity contribution in [1.82, 2.24) is 10.3 Å². The Hall–Kier alpha value is -3.49. The van der Waals surface area contributed by atoms with Gasteiger partial charge in [-0.15, -0.1) is 0 Å². The highest BCUT2D eigenvalue weighted by molar-refractivity contribution is 5.93. The maximum absolute atomic E-state index is 13.0. The molecule has 2 atom stereocenters. The van der Waals surface area contributed by atoms with E-state index >= 15 is 0 Å². The van der Waals surface area contributed by atoms with Crippen molar-refractivity contribution in [3.8, 4) is 28.6 Å². The lowest BCUT2D eigenvalue weighted by Gasteiger charge is -2.22. The molecule has 9 heteroatoms. The number of methoxy groups -OCH3 is 1. The van der Waals surface area contributed by atoms with E-state index in [4.69, 9.17) is 18.9 Å². The Bertz CT molecular complexity index is 1070. The number of benzene rings is 1. The minimum absolute atomic E-state index is 0.0962. The van der Waals surface area contributed by atoms with Crippen LogP contribution in [0.2, 0.25) is 0 Å². The van der Waals surface area contributed by atoms with Crippen molar-refractivity contribution in [1.29, 1.82) is 0 Å². The molecule has 1 aromatic heterocycles. The number of para-hydroxylation sites is 1. The summed E-state index contributed by atoms with van der Waals surface area (Å²) in [5.41, 5.74) is 1.37. The van der Waals surface area contributed by atoms with Gasteiger partial charge in [-0.2, -0.15) is 0 Å². The van der Waals surface area contributed by atoms with Crippen LogP contribution in [0.5, 0.6) is 17.4 Å². The molecule has 1 fully saturated rings. The predicted molar refractivity (Wildman–Crippen MR) is 126 cm³/mol. The molecule has 1 aromatic carbocycles. The second-order valence-electron chi connectivity index (χ2n) is 9.46. The van der Waals surface area contributed by atoms with Crippen LogP contribution in [-0.2, 0) is 9.53 Å². The third-order valence-electron chi connectivity index (χ3n) is 5.64. The number of hydrogen-bond donors (Lipinski definition) is 2. The van der Waals surface area contributed by atoms with Gasteiger partial charge in [0.15, 0.2) is 11.5 Å². The van der Waals surface area contributed by atoms with E-state index < -0.39 is 11.7 Å². The minimum Gasteiger partial charge on any atom is -0.486 e. The molecular weight excluding hydrogens is 438 g/mol. The summed E-state index contributed by atoms with van der Waals surface area (Å²) in [6, 6.07) is 8.99. The Morgan fingerprint density at radius 3 is 2.68 bits per heavy atom. The van der Waals surface area contributed by atoms with Crippen molar-refractivity contribution in [3.63, 3.8) is 0 Å². The summed E-state index contributed by atoms with van der Waals surface area (Å²) in [5, 5.41) is 5.85. The van der Waals surface area contributed by atoms with E-state index in [0.29, 0.717) is 54.8 Å². The van der Waals surface area contributed by atoms with Gasteiger partial charge in [0, 0.05) is 29.3 Å². The van der Waals surface area contributed by atoms with Crippen molar-refractivity contribution >= 4 is 17.7 Å². The fraction of sp³-hybridized carbons (Fsp3) is 0.480. The molecule has 0 radical (unpaired) electrons. The van der Waals surface area contributed by atoms with Crippen molar-refractivity contribution in [2.45, 2.75) is 51.7 Å². The zero-order valence-electron chi connectivity index (χ0n) is 20.0. The van der Waals surface area contributed by atoms with E-state index in [9.17, 15) is 9.59 Å². The van der Waals surface area contributed by atoms with Gasteiger partial charge in [-0.25, -0.2) is 9.78 Å². The molecule has 2 amide bonds. The topological polar surface area (TPSA) is 108 Å². The minimum atomic E-state index is -0.563. The number of alkyl carbamates (subject to hydrolysis) is 1. The van der Waals surface area contributed by atoms with Crippen molar-refractivity contribution < 1.29 is 28.5 Å². The molecule has 0 unspecified atom stereocenters. The van der Waals surface area contributed by atoms with Crippen LogP contribution in [0.3, 0.4) is 0 Å². The van der Waals surface area contributed by atoms with Gasteiger partial charge in [0.05, 0.1) is 12.8 Å². The van der Waals surface area contributed by atoms with Crippen LogP contribution in [-0.4, -0.2) is 49.0 Å². The molecule has 2 aliphatic rings. The molecule has 2 aromatic rings. The lowest BCUT2D eigenvalue weighted by atomic mass is 10.1. The molecule has 0 spiro atoms. The normalized spacial score (nSPS) is 19.3. The van der Waals surface area contributed by atoms with Gasteiger partial charge in [-0.3, -0.25) is 4.79 Å². The number of rotatable bonds is 5. The maximum atomic E-state index is 13.0. The van der Waals surface area contributed by atoms with Crippen molar-refractivity contribution in [3.05, 3.63) is 30.3 Å². The zero-order chi connectivity index (χ0) is 24.3. The highest BCUT2D eigenvalue weighted by atomic mass is 16.6. The Balaban J connectivity index is 1.45. The fourth-order valence-electron chi connectivity index (χ4n) is 4.16. The first kappa shape index (κ1) is 23.7. The van der Waals surface area contributed by atoms with Crippen LogP contribution >= 0.6 is 0 Å². The third kappa shape index (κ3) is 5.70. The van der Waals surface area contributed by atoms with Gasteiger partial charge in [-0.1, -0.05) is 6.07 Å². The monoisotopic (exact) mass is 469 g/mol. The second kappa shape index (κ2) is 9.79. The maximum Gasteiger partial charge on any atom is 0.407 e. The molecule has 1 aliphatic heterocycles. The number of hydrogen-bond acceptors (Lipinski definition) is 7. The number of nitrogens with zero attached hydrogens (tertiary/aromatic N) is 1. The van der Waals surface area contributed by atoms with Crippen molar-refractivity contribution in [2.24, 2.45) is 5.92 Å². The molecule has 34 heavy (non-hydrogen) atoms. The van der Waals surface area contributed by atoms with Crippen LogP contribution in [0.15, 0.2) is 30.3 Å². The lowest BCUT2D eigenvalue weighted by molar-refractivity contribution is -0.119. The van der Waals surface area contributed by atoms with Gasteiger partial charge in [0.1, 0.15) is 18.8 Å². The summed E-state index contributed by atoms with van der Waals surface area (Å²) in [6.45, 7) is 6.41. The number of carbonyl (C=O) groups is 2. The summed E-state index contributed by atoms with van der Waals surface area (Å²) in [7, 11) is 1.53. The average Bonchev–Trinajstić information content (AvgIpc) is 3.25. The molecule has 9 nitrogen and oxygen atoms in total. The van der Waals surface area contributed by atoms with Crippen LogP contribution in [0, 0.1) is 5.92 Å². The van der Waals surface area contributed by atoms with Crippen LogP contribution in [0.1, 0.15) is 40.0 Å². The van der Waals surface area contributed by atoms with Crippen LogP contribution in [0.4, 0.5) is 10.5 Å². The lowest BCUT2D eigenvalue weighted by Crippen LogP contribution is -2.38. The second-order valence-corrected chi connectivity index (χ2v) is 9.46. The fourth-order valence-corrected chi connectivity index (χ4v) is 4.16. The Morgan fingerprint density at radius 2 is 1.91 bits per heavy atom.